The molecule has 0 aliphatic carbocycles. The molecule has 2 atom stereocenters. The summed E-state index contributed by atoms with van der Waals surface area (Å²) in [6.45, 7) is 1.78. The van der Waals surface area contributed by atoms with Crippen molar-refractivity contribution in [3.8, 4) is 0 Å². The van der Waals surface area contributed by atoms with E-state index in [-0.39, 0.29) is 17.9 Å². The van der Waals surface area contributed by atoms with Gasteiger partial charge < -0.3 is 10.5 Å². The third-order valence-electron chi connectivity index (χ3n) is 3.23. The molecule has 5 nitrogen and oxygen atoms in total. The topological polar surface area (TPSA) is 72.6 Å². The van der Waals surface area contributed by atoms with Crippen LogP contribution in [0.1, 0.15) is 25.7 Å². The lowest BCUT2D eigenvalue weighted by Crippen LogP contribution is -2.47. The van der Waals surface area contributed by atoms with Crippen molar-refractivity contribution in [2.24, 2.45) is 5.73 Å². The van der Waals surface area contributed by atoms with Gasteiger partial charge in [0.2, 0.25) is 10.0 Å². The van der Waals surface area contributed by atoms with Gasteiger partial charge in [0.05, 0.1) is 11.9 Å². The molecule has 2 aliphatic heterocycles. The van der Waals surface area contributed by atoms with Gasteiger partial charge in [0.15, 0.2) is 0 Å². The molecule has 6 heteroatoms. The van der Waals surface area contributed by atoms with E-state index < -0.39 is 10.0 Å². The van der Waals surface area contributed by atoms with Gasteiger partial charge in [-0.25, -0.2) is 12.7 Å². The Kier molecular flexibility index (Phi) is 3.84. The normalized spacial score (nSPS) is 33.1. The fourth-order valence-corrected chi connectivity index (χ4v) is 4.11. The van der Waals surface area contributed by atoms with Crippen molar-refractivity contribution in [1.82, 2.24) is 4.31 Å². The molecule has 16 heavy (non-hydrogen) atoms. The summed E-state index contributed by atoms with van der Waals surface area (Å²) >= 11 is 0. The SMILES string of the molecule is NC1CCCN(S(=O)(=O)CC2CCCO2)C1. The van der Waals surface area contributed by atoms with E-state index in [0.29, 0.717) is 19.7 Å². The van der Waals surface area contributed by atoms with Crippen LogP contribution in [0.15, 0.2) is 0 Å². The summed E-state index contributed by atoms with van der Waals surface area (Å²) in [5, 5.41) is 0. The molecule has 0 saturated carbocycles. The van der Waals surface area contributed by atoms with Crippen molar-refractivity contribution >= 4 is 10.0 Å². The second-order valence-electron chi connectivity index (χ2n) is 4.67. The van der Waals surface area contributed by atoms with E-state index in [4.69, 9.17) is 10.5 Å². The molecule has 94 valence electrons. The monoisotopic (exact) mass is 248 g/mol. The Morgan fingerprint density at radius 2 is 2.12 bits per heavy atom. The van der Waals surface area contributed by atoms with Gasteiger partial charge in [0.1, 0.15) is 0 Å². The van der Waals surface area contributed by atoms with E-state index in [9.17, 15) is 8.42 Å². The van der Waals surface area contributed by atoms with Crippen molar-refractivity contribution in [3.63, 3.8) is 0 Å². The maximum Gasteiger partial charge on any atom is 0.216 e. The van der Waals surface area contributed by atoms with Crippen molar-refractivity contribution < 1.29 is 13.2 Å². The van der Waals surface area contributed by atoms with Crippen molar-refractivity contribution in [1.29, 1.82) is 0 Å². The Balaban J connectivity index is 1.94. The molecule has 0 amide bonds. The maximum absolute atomic E-state index is 12.1. The molecule has 0 aromatic rings. The molecule has 2 saturated heterocycles. The summed E-state index contributed by atoms with van der Waals surface area (Å²) in [7, 11) is -3.17. The third kappa shape index (κ3) is 2.94. The minimum Gasteiger partial charge on any atom is -0.377 e. The smallest absolute Gasteiger partial charge is 0.216 e. The Hall–Kier alpha value is -0.170. The number of hydrogen-bond acceptors (Lipinski definition) is 4. The van der Waals surface area contributed by atoms with Crippen LogP contribution >= 0.6 is 0 Å². The molecule has 2 unspecified atom stereocenters. The van der Waals surface area contributed by atoms with Gasteiger partial charge in [-0.3, -0.25) is 0 Å². The summed E-state index contributed by atoms with van der Waals surface area (Å²) in [5.41, 5.74) is 5.79. The molecule has 2 heterocycles. The maximum atomic E-state index is 12.1. The number of rotatable bonds is 3. The van der Waals surface area contributed by atoms with Crippen LogP contribution in [0.5, 0.6) is 0 Å². The predicted molar refractivity (Wildman–Crippen MR) is 61.5 cm³/mol. The van der Waals surface area contributed by atoms with Gasteiger partial charge in [-0.15, -0.1) is 0 Å². The highest BCUT2D eigenvalue weighted by molar-refractivity contribution is 7.89. The minimum absolute atomic E-state index is 0.00646. The van der Waals surface area contributed by atoms with Crippen LogP contribution < -0.4 is 5.73 Å². The van der Waals surface area contributed by atoms with Crippen LogP contribution in [0, 0.1) is 0 Å². The summed E-state index contributed by atoms with van der Waals surface area (Å²) in [4.78, 5) is 0. The van der Waals surface area contributed by atoms with Crippen LogP contribution in [0.4, 0.5) is 0 Å². The van der Waals surface area contributed by atoms with Gasteiger partial charge >= 0.3 is 0 Å². The number of piperidine rings is 1. The van der Waals surface area contributed by atoms with E-state index in [1.165, 1.54) is 4.31 Å². The van der Waals surface area contributed by atoms with Crippen LogP contribution in [-0.4, -0.2) is 50.3 Å². The van der Waals surface area contributed by atoms with Crippen molar-refractivity contribution in [2.45, 2.75) is 37.8 Å². The van der Waals surface area contributed by atoms with Crippen LogP contribution in [0.2, 0.25) is 0 Å². The fourth-order valence-electron chi connectivity index (χ4n) is 2.34. The van der Waals surface area contributed by atoms with E-state index in [2.05, 4.69) is 0 Å². The summed E-state index contributed by atoms with van der Waals surface area (Å²) in [6.07, 6.45) is 3.51. The lowest BCUT2D eigenvalue weighted by molar-refractivity contribution is 0.126. The summed E-state index contributed by atoms with van der Waals surface area (Å²) in [6, 6.07) is -0.00646. The molecule has 2 rings (SSSR count). The molecule has 0 spiro atoms. The molecule has 2 aliphatic rings. The first kappa shape index (κ1) is 12.3. The Bertz CT molecular complexity index is 325. The Morgan fingerprint density at radius 1 is 1.31 bits per heavy atom. The van der Waals surface area contributed by atoms with Gasteiger partial charge in [-0.05, 0) is 25.7 Å². The van der Waals surface area contributed by atoms with Crippen molar-refractivity contribution in [3.05, 3.63) is 0 Å². The van der Waals surface area contributed by atoms with Crippen LogP contribution in [0.25, 0.3) is 0 Å². The first-order valence-corrected chi connectivity index (χ1v) is 7.54. The molecule has 0 aromatic carbocycles. The third-order valence-corrected chi connectivity index (χ3v) is 5.15. The molecule has 2 N–H and O–H groups in total. The van der Waals surface area contributed by atoms with Crippen molar-refractivity contribution in [2.75, 3.05) is 25.4 Å². The van der Waals surface area contributed by atoms with E-state index in [1.807, 2.05) is 0 Å². The van der Waals surface area contributed by atoms with Crippen LogP contribution in [0.3, 0.4) is 0 Å². The van der Waals surface area contributed by atoms with Gasteiger partial charge in [-0.1, -0.05) is 0 Å². The lowest BCUT2D eigenvalue weighted by Gasteiger charge is -2.30. The zero-order valence-corrected chi connectivity index (χ0v) is 10.3. The predicted octanol–water partition coefficient (Wildman–Crippen LogP) is -0.0817. The standard InChI is InChI=1S/C10H20N2O3S/c11-9-3-1-5-12(7-9)16(13,14)8-10-4-2-6-15-10/h9-10H,1-8,11H2. The average molecular weight is 248 g/mol. The first-order chi connectivity index (χ1) is 7.58. The lowest BCUT2D eigenvalue weighted by atomic mass is 10.1. The Labute approximate surface area is 97.0 Å². The highest BCUT2D eigenvalue weighted by atomic mass is 32.2. The second-order valence-corrected chi connectivity index (χ2v) is 6.69. The molecule has 2 fully saturated rings. The molecule has 0 radical (unpaired) electrons. The molecular weight excluding hydrogens is 228 g/mol. The highest BCUT2D eigenvalue weighted by Crippen LogP contribution is 2.18. The zero-order chi connectivity index (χ0) is 11.6. The van der Waals surface area contributed by atoms with Gasteiger partial charge in [0.25, 0.3) is 0 Å². The molecular formula is C10H20N2O3S. The highest BCUT2D eigenvalue weighted by Gasteiger charge is 2.31. The number of hydrogen-bond donors (Lipinski definition) is 1. The Morgan fingerprint density at radius 3 is 2.75 bits per heavy atom. The fraction of sp³-hybridized carbons (Fsp3) is 1.00. The zero-order valence-electron chi connectivity index (χ0n) is 9.47. The number of sulfonamides is 1. The quantitative estimate of drug-likeness (QED) is 0.758. The number of nitrogens with two attached hydrogens (primary N) is 1. The van der Waals surface area contributed by atoms with E-state index in [1.54, 1.807) is 0 Å². The van der Waals surface area contributed by atoms with Gasteiger partial charge in [0, 0.05) is 25.7 Å². The number of ether oxygens (including phenoxy) is 1. The van der Waals surface area contributed by atoms with E-state index in [0.717, 1.165) is 25.7 Å². The first-order valence-electron chi connectivity index (χ1n) is 5.93. The largest absolute Gasteiger partial charge is 0.377 e. The second kappa shape index (κ2) is 5.00. The number of nitrogens with zero attached hydrogens (tertiary/aromatic N) is 1. The summed E-state index contributed by atoms with van der Waals surface area (Å²) < 4.78 is 31.1. The summed E-state index contributed by atoms with van der Waals surface area (Å²) in [5.74, 6) is 0.125. The minimum atomic E-state index is -3.17. The van der Waals surface area contributed by atoms with Crippen LogP contribution in [-0.2, 0) is 14.8 Å². The van der Waals surface area contributed by atoms with E-state index >= 15 is 0 Å². The molecule has 0 aromatic heterocycles. The molecule has 0 bridgehead atoms. The van der Waals surface area contributed by atoms with Gasteiger partial charge in [-0.2, -0.15) is 0 Å². The average Bonchev–Trinajstić information content (AvgIpc) is 2.70.